The fraction of sp³-hybridized carbons (Fsp3) is 0.652. The SMILES string of the molecule is CC(=O)Oc1ccc2c(c1)[C@H](CO)C[C@H]1C3CCC(OC(C)=O)[C@@]3(C)CC[C@H]21. The highest BCUT2D eigenvalue weighted by molar-refractivity contribution is 5.69. The molecule has 3 aliphatic carbocycles. The Balaban J connectivity index is 1.65. The van der Waals surface area contributed by atoms with E-state index in [-0.39, 0.29) is 36.0 Å². The molecule has 1 N–H and O–H groups in total. The number of hydrogen-bond donors (Lipinski definition) is 1. The van der Waals surface area contributed by atoms with Gasteiger partial charge in [0, 0.05) is 31.8 Å². The van der Waals surface area contributed by atoms with Gasteiger partial charge < -0.3 is 14.6 Å². The Morgan fingerprint density at radius 1 is 1.14 bits per heavy atom. The third-order valence-corrected chi connectivity index (χ3v) is 7.59. The lowest BCUT2D eigenvalue weighted by atomic mass is 9.54. The predicted molar refractivity (Wildman–Crippen MR) is 104 cm³/mol. The van der Waals surface area contributed by atoms with Crippen LogP contribution in [-0.4, -0.2) is 29.8 Å². The molecule has 28 heavy (non-hydrogen) atoms. The van der Waals surface area contributed by atoms with Gasteiger partial charge in [0.1, 0.15) is 11.9 Å². The number of ether oxygens (including phenoxy) is 2. The number of carbonyl (C=O) groups excluding carboxylic acids is 2. The van der Waals surface area contributed by atoms with Crippen molar-refractivity contribution in [3.63, 3.8) is 0 Å². The predicted octanol–water partition coefficient (Wildman–Crippen LogP) is 3.93. The highest BCUT2D eigenvalue weighted by Gasteiger charge is 2.56. The Hall–Kier alpha value is -1.88. The highest BCUT2D eigenvalue weighted by Crippen LogP contribution is 2.63. The van der Waals surface area contributed by atoms with Gasteiger partial charge in [-0.3, -0.25) is 9.59 Å². The smallest absolute Gasteiger partial charge is 0.308 e. The topological polar surface area (TPSA) is 72.8 Å². The minimum absolute atomic E-state index is 0.0104. The first-order valence-corrected chi connectivity index (χ1v) is 10.4. The summed E-state index contributed by atoms with van der Waals surface area (Å²) in [7, 11) is 0. The van der Waals surface area contributed by atoms with Crippen LogP contribution in [0.3, 0.4) is 0 Å². The Kier molecular flexibility index (Phi) is 4.98. The summed E-state index contributed by atoms with van der Waals surface area (Å²) in [5.74, 6) is 1.55. The number of aliphatic hydroxyl groups excluding tert-OH is 1. The van der Waals surface area contributed by atoms with Crippen LogP contribution in [0.2, 0.25) is 0 Å². The Bertz CT molecular complexity index is 787. The van der Waals surface area contributed by atoms with Gasteiger partial charge in [-0.15, -0.1) is 0 Å². The first kappa shape index (κ1) is 19.4. The zero-order valence-electron chi connectivity index (χ0n) is 16.9. The second-order valence-electron chi connectivity index (χ2n) is 9.10. The number of carbonyl (C=O) groups is 2. The molecular formula is C23H30O5. The average Bonchev–Trinajstić information content (AvgIpc) is 2.96. The van der Waals surface area contributed by atoms with Gasteiger partial charge in [0.2, 0.25) is 0 Å². The molecule has 6 atom stereocenters. The molecule has 0 amide bonds. The summed E-state index contributed by atoms with van der Waals surface area (Å²) in [6, 6.07) is 5.91. The fourth-order valence-electron chi connectivity index (χ4n) is 6.45. The normalized spacial score (nSPS) is 36.1. The first-order valence-electron chi connectivity index (χ1n) is 10.4. The van der Waals surface area contributed by atoms with E-state index in [1.54, 1.807) is 0 Å². The highest BCUT2D eigenvalue weighted by atomic mass is 16.5. The molecule has 152 valence electrons. The lowest BCUT2D eigenvalue weighted by Crippen LogP contribution is -2.45. The van der Waals surface area contributed by atoms with Gasteiger partial charge in [0.15, 0.2) is 0 Å². The molecule has 1 aromatic carbocycles. The molecule has 0 saturated heterocycles. The van der Waals surface area contributed by atoms with E-state index in [0.29, 0.717) is 23.5 Å². The van der Waals surface area contributed by atoms with Gasteiger partial charge in [-0.1, -0.05) is 13.0 Å². The molecular weight excluding hydrogens is 356 g/mol. The summed E-state index contributed by atoms with van der Waals surface area (Å²) < 4.78 is 11.0. The molecule has 0 heterocycles. The van der Waals surface area contributed by atoms with E-state index in [0.717, 1.165) is 37.7 Å². The van der Waals surface area contributed by atoms with Gasteiger partial charge >= 0.3 is 11.9 Å². The molecule has 4 rings (SSSR count). The van der Waals surface area contributed by atoms with E-state index in [1.165, 1.54) is 19.4 Å². The van der Waals surface area contributed by atoms with Gasteiger partial charge in [-0.2, -0.15) is 0 Å². The molecule has 0 bridgehead atoms. The summed E-state index contributed by atoms with van der Waals surface area (Å²) in [6.07, 6.45) is 5.07. The maximum absolute atomic E-state index is 11.6. The summed E-state index contributed by atoms with van der Waals surface area (Å²) in [5.41, 5.74) is 2.45. The molecule has 2 saturated carbocycles. The van der Waals surface area contributed by atoms with Crippen LogP contribution in [-0.2, 0) is 14.3 Å². The molecule has 5 heteroatoms. The third kappa shape index (κ3) is 3.14. The summed E-state index contributed by atoms with van der Waals surface area (Å²) in [6.45, 7) is 5.29. The number of fused-ring (bicyclic) bond motifs is 5. The number of aliphatic hydroxyl groups is 1. The van der Waals surface area contributed by atoms with Crippen LogP contribution in [0.5, 0.6) is 5.75 Å². The summed E-state index contributed by atoms with van der Waals surface area (Å²) in [4.78, 5) is 22.9. The van der Waals surface area contributed by atoms with Crippen LogP contribution in [0, 0.1) is 17.3 Å². The van der Waals surface area contributed by atoms with Crippen molar-refractivity contribution in [2.24, 2.45) is 17.3 Å². The molecule has 0 aromatic heterocycles. The van der Waals surface area contributed by atoms with Crippen molar-refractivity contribution in [1.82, 2.24) is 0 Å². The first-order chi connectivity index (χ1) is 13.3. The second kappa shape index (κ2) is 7.18. The molecule has 0 spiro atoms. The van der Waals surface area contributed by atoms with Crippen molar-refractivity contribution >= 4 is 11.9 Å². The van der Waals surface area contributed by atoms with Gasteiger partial charge in [-0.25, -0.2) is 0 Å². The molecule has 0 radical (unpaired) electrons. The van der Waals surface area contributed by atoms with Crippen LogP contribution in [0.4, 0.5) is 0 Å². The van der Waals surface area contributed by atoms with Crippen molar-refractivity contribution in [2.75, 3.05) is 6.61 Å². The maximum atomic E-state index is 11.6. The third-order valence-electron chi connectivity index (χ3n) is 7.59. The quantitative estimate of drug-likeness (QED) is 0.629. The van der Waals surface area contributed by atoms with Crippen LogP contribution in [0.15, 0.2) is 18.2 Å². The minimum Gasteiger partial charge on any atom is -0.462 e. The lowest BCUT2D eigenvalue weighted by Gasteiger charge is -2.51. The molecule has 0 aliphatic heterocycles. The molecule has 2 fully saturated rings. The van der Waals surface area contributed by atoms with Crippen LogP contribution >= 0.6 is 0 Å². The van der Waals surface area contributed by atoms with E-state index in [4.69, 9.17) is 9.47 Å². The zero-order chi connectivity index (χ0) is 20.1. The number of benzene rings is 1. The Labute approximate surface area is 166 Å². The standard InChI is InChI=1S/C23H30O5/c1-13(25)27-16-4-5-17-18-8-9-23(3)21(6-7-22(23)28-14(2)26)20(18)10-15(12-24)19(17)11-16/h4-5,11,15,18,20-22,24H,6-10,12H2,1-3H3/t15-,18+,20+,21?,22?,23-/m0/s1. The Morgan fingerprint density at radius 2 is 1.93 bits per heavy atom. The maximum Gasteiger partial charge on any atom is 0.308 e. The largest absolute Gasteiger partial charge is 0.462 e. The molecule has 3 aliphatic rings. The zero-order valence-corrected chi connectivity index (χ0v) is 16.9. The van der Waals surface area contributed by atoms with Crippen LogP contribution in [0.1, 0.15) is 75.8 Å². The monoisotopic (exact) mass is 386 g/mol. The number of esters is 2. The summed E-state index contributed by atoms with van der Waals surface area (Å²) >= 11 is 0. The minimum atomic E-state index is -0.329. The average molecular weight is 386 g/mol. The van der Waals surface area contributed by atoms with Crippen LogP contribution < -0.4 is 4.74 Å². The van der Waals surface area contributed by atoms with E-state index in [9.17, 15) is 14.7 Å². The van der Waals surface area contributed by atoms with Crippen LogP contribution in [0.25, 0.3) is 0 Å². The molecule has 2 unspecified atom stereocenters. The van der Waals surface area contributed by atoms with E-state index in [2.05, 4.69) is 13.0 Å². The number of rotatable bonds is 3. The molecule has 5 nitrogen and oxygen atoms in total. The fourth-order valence-corrected chi connectivity index (χ4v) is 6.45. The van der Waals surface area contributed by atoms with Crippen molar-refractivity contribution in [3.05, 3.63) is 29.3 Å². The van der Waals surface area contributed by atoms with Gasteiger partial charge in [0.05, 0.1) is 0 Å². The lowest BCUT2D eigenvalue weighted by molar-refractivity contribution is -0.154. The summed E-state index contributed by atoms with van der Waals surface area (Å²) in [5, 5.41) is 10.1. The van der Waals surface area contributed by atoms with Crippen molar-refractivity contribution in [1.29, 1.82) is 0 Å². The van der Waals surface area contributed by atoms with E-state index < -0.39 is 0 Å². The molecule has 1 aromatic rings. The van der Waals surface area contributed by atoms with Crippen molar-refractivity contribution < 1.29 is 24.2 Å². The Morgan fingerprint density at radius 3 is 2.61 bits per heavy atom. The van der Waals surface area contributed by atoms with Crippen molar-refractivity contribution in [3.8, 4) is 5.75 Å². The number of hydrogen-bond acceptors (Lipinski definition) is 5. The van der Waals surface area contributed by atoms with E-state index >= 15 is 0 Å². The van der Waals surface area contributed by atoms with Crippen molar-refractivity contribution in [2.45, 2.75) is 70.8 Å². The van der Waals surface area contributed by atoms with E-state index in [1.807, 2.05) is 12.1 Å². The van der Waals surface area contributed by atoms with Gasteiger partial charge in [-0.05, 0) is 73.1 Å². The van der Waals surface area contributed by atoms with Gasteiger partial charge in [0.25, 0.3) is 0 Å². The second-order valence-corrected chi connectivity index (χ2v) is 9.10.